The van der Waals surface area contributed by atoms with Gasteiger partial charge in [0.15, 0.2) is 16.6 Å². The minimum absolute atomic E-state index is 0.00356. The minimum atomic E-state index is -1.93. The molecule has 0 aliphatic carbocycles. The molecule has 37 heavy (non-hydrogen) atoms. The zero-order valence-corrected chi connectivity index (χ0v) is 27.6. The van der Waals surface area contributed by atoms with Crippen LogP contribution >= 0.6 is 0 Å². The highest BCUT2D eigenvalue weighted by atomic mass is 28.4. The van der Waals surface area contributed by atoms with Crippen molar-refractivity contribution >= 4 is 34.4 Å². The van der Waals surface area contributed by atoms with E-state index in [0.29, 0.717) is 39.0 Å². The van der Waals surface area contributed by atoms with Gasteiger partial charge in [0, 0.05) is 30.8 Å². The van der Waals surface area contributed by atoms with Gasteiger partial charge in [-0.1, -0.05) is 34.6 Å². The Morgan fingerprint density at radius 2 is 1.51 bits per heavy atom. The third-order valence-corrected chi connectivity index (χ3v) is 14.2. The Morgan fingerprint density at radius 3 is 2.08 bits per heavy atom. The fourth-order valence-corrected chi connectivity index (χ4v) is 12.7. The van der Waals surface area contributed by atoms with Crippen LogP contribution in [0.4, 0.5) is 0 Å². The number of ether oxygens (including phenoxy) is 1. The van der Waals surface area contributed by atoms with Gasteiger partial charge in [-0.2, -0.15) is 0 Å². The van der Waals surface area contributed by atoms with E-state index < -0.39 is 22.0 Å². The Morgan fingerprint density at radius 1 is 0.919 bits per heavy atom. The first-order valence-electron chi connectivity index (χ1n) is 14.2. The Hall–Kier alpha value is -1.24. The zero-order chi connectivity index (χ0) is 28.7. The first-order chi connectivity index (χ1) is 17.1. The first-order valence-corrected chi connectivity index (χ1v) is 20.4. The van der Waals surface area contributed by atoms with E-state index in [9.17, 15) is 14.4 Å². The Labute approximate surface area is 229 Å². The van der Waals surface area contributed by atoms with Crippen molar-refractivity contribution in [1.29, 1.82) is 0 Å². The second-order valence-corrected chi connectivity index (χ2v) is 20.9. The predicted octanol–water partition coefficient (Wildman–Crippen LogP) is 4.77. The summed E-state index contributed by atoms with van der Waals surface area (Å²) in [6.45, 7) is 22.2. The fraction of sp³-hybridized carbons (Fsp3) is 0.889. The Kier molecular flexibility index (Phi) is 16.8. The van der Waals surface area contributed by atoms with Gasteiger partial charge in [0.25, 0.3) is 0 Å². The zero-order valence-electron chi connectivity index (χ0n) is 25.6. The molecule has 0 saturated heterocycles. The summed E-state index contributed by atoms with van der Waals surface area (Å²) in [5.41, 5.74) is -0.616. The third kappa shape index (κ3) is 16.4. The van der Waals surface area contributed by atoms with E-state index in [1.807, 2.05) is 20.8 Å². The van der Waals surface area contributed by atoms with Crippen molar-refractivity contribution in [2.45, 2.75) is 105 Å². The lowest BCUT2D eigenvalue weighted by Gasteiger charge is -2.34. The highest BCUT2D eigenvalue weighted by Gasteiger charge is 2.34. The number of carbonyl (C=O) groups excluding carboxylic acids is 3. The molecule has 2 amide bonds. The smallest absolute Gasteiger partial charge is 0.305 e. The van der Waals surface area contributed by atoms with Gasteiger partial charge >= 0.3 is 5.97 Å². The van der Waals surface area contributed by atoms with Gasteiger partial charge in [-0.15, -0.1) is 0 Å². The highest BCUT2D eigenvalue weighted by molar-refractivity contribution is 6.84. The molecule has 1 atom stereocenters. The highest BCUT2D eigenvalue weighted by Crippen LogP contribution is 2.28. The third-order valence-electron chi connectivity index (χ3n) is 6.84. The Balaban J connectivity index is 4.53. The van der Waals surface area contributed by atoms with Crippen LogP contribution in [0.5, 0.6) is 0 Å². The lowest BCUT2D eigenvalue weighted by molar-refractivity contribution is -0.142. The molecule has 0 aliphatic rings. The number of rotatable bonds is 20. The number of esters is 1. The second kappa shape index (κ2) is 17.4. The lowest BCUT2D eigenvalue weighted by atomic mass is 9.80. The molecular formula is C27H57N3O5Si2. The van der Waals surface area contributed by atoms with Crippen LogP contribution in [0.2, 0.25) is 38.3 Å². The van der Waals surface area contributed by atoms with E-state index in [4.69, 9.17) is 8.85 Å². The van der Waals surface area contributed by atoms with Gasteiger partial charge in [-0.25, -0.2) is 0 Å². The fourth-order valence-electron chi connectivity index (χ4n) is 4.31. The summed E-state index contributed by atoms with van der Waals surface area (Å²) in [6.07, 6.45) is 3.43. The minimum Gasteiger partial charge on any atom is -0.466 e. The van der Waals surface area contributed by atoms with Crippen LogP contribution in [-0.4, -0.2) is 79.2 Å². The standard InChI is InChI=1S/C27H57N3O5Si2/c1-11-23(25(32)28-16-14-18-30(6)13-3)22-27(4,5)26(33)29-17-15-20-36(7,8)35-37(9,10)21-19-34-24(31)12-2/h23H,11-22H2,1-10H3,(H,28,32)(H,29,33). The van der Waals surface area contributed by atoms with E-state index in [0.717, 1.165) is 38.0 Å². The molecule has 0 aromatic rings. The maximum atomic E-state index is 13.0. The van der Waals surface area contributed by atoms with E-state index in [1.54, 1.807) is 6.92 Å². The molecule has 0 saturated carbocycles. The molecule has 0 aromatic heterocycles. The first kappa shape index (κ1) is 35.8. The Bertz CT molecular complexity index is 702. The molecule has 0 radical (unpaired) electrons. The molecule has 0 rings (SSSR count). The number of hydrogen-bond acceptors (Lipinski definition) is 6. The van der Waals surface area contributed by atoms with Crippen LogP contribution in [0.25, 0.3) is 0 Å². The maximum Gasteiger partial charge on any atom is 0.305 e. The predicted molar refractivity (Wildman–Crippen MR) is 158 cm³/mol. The van der Waals surface area contributed by atoms with Crippen LogP contribution in [0.15, 0.2) is 0 Å². The molecule has 0 aromatic carbocycles. The number of hydrogen-bond donors (Lipinski definition) is 2. The van der Waals surface area contributed by atoms with Crippen molar-refractivity contribution < 1.29 is 23.2 Å². The van der Waals surface area contributed by atoms with Gasteiger partial charge in [-0.05, 0) is 84.1 Å². The number of nitrogens with zero attached hydrogens (tertiary/aromatic N) is 1. The number of amides is 2. The maximum absolute atomic E-state index is 13.0. The molecule has 8 nitrogen and oxygen atoms in total. The van der Waals surface area contributed by atoms with Crippen molar-refractivity contribution in [3.63, 3.8) is 0 Å². The van der Waals surface area contributed by atoms with Crippen LogP contribution in [0.3, 0.4) is 0 Å². The van der Waals surface area contributed by atoms with E-state index in [1.165, 1.54) is 0 Å². The quantitative estimate of drug-likeness (QED) is 0.127. The molecule has 10 heteroatoms. The second-order valence-electron chi connectivity index (χ2n) is 12.0. The largest absolute Gasteiger partial charge is 0.466 e. The van der Waals surface area contributed by atoms with Crippen LogP contribution in [-0.2, 0) is 23.2 Å². The van der Waals surface area contributed by atoms with Gasteiger partial charge < -0.3 is 24.4 Å². The summed E-state index contributed by atoms with van der Waals surface area (Å²) < 4.78 is 11.8. The molecular weight excluding hydrogens is 502 g/mol. The molecule has 218 valence electrons. The van der Waals surface area contributed by atoms with Crippen molar-refractivity contribution in [2.24, 2.45) is 11.3 Å². The van der Waals surface area contributed by atoms with Crippen LogP contribution in [0, 0.1) is 11.3 Å². The molecule has 0 heterocycles. The molecule has 0 aliphatic heterocycles. The molecule has 1 unspecified atom stereocenters. The van der Waals surface area contributed by atoms with Crippen molar-refractivity contribution in [1.82, 2.24) is 15.5 Å². The lowest BCUT2D eigenvalue weighted by Crippen LogP contribution is -2.45. The summed E-state index contributed by atoms with van der Waals surface area (Å²) in [5, 5.41) is 6.15. The molecule has 0 fully saturated rings. The van der Waals surface area contributed by atoms with Gasteiger partial charge in [0.2, 0.25) is 11.8 Å². The molecule has 0 spiro atoms. The topological polar surface area (TPSA) is 97.0 Å². The molecule has 2 N–H and O–H groups in total. The van der Waals surface area contributed by atoms with E-state index >= 15 is 0 Å². The van der Waals surface area contributed by atoms with E-state index in [-0.39, 0.29) is 23.7 Å². The monoisotopic (exact) mass is 559 g/mol. The normalized spacial score (nSPS) is 13.4. The van der Waals surface area contributed by atoms with Gasteiger partial charge in [0.05, 0.1) is 6.61 Å². The van der Waals surface area contributed by atoms with E-state index in [2.05, 4.69) is 55.7 Å². The van der Waals surface area contributed by atoms with Crippen LogP contribution in [0.1, 0.15) is 66.7 Å². The van der Waals surface area contributed by atoms with Crippen molar-refractivity contribution in [3.8, 4) is 0 Å². The SMILES string of the molecule is CCC(=O)OCC[Si](C)(C)O[Si](C)(C)CCCNC(=O)C(C)(C)CC(CC)C(=O)NCCCN(C)CC. The summed E-state index contributed by atoms with van der Waals surface area (Å²) >= 11 is 0. The van der Waals surface area contributed by atoms with Crippen molar-refractivity contribution in [3.05, 3.63) is 0 Å². The van der Waals surface area contributed by atoms with Gasteiger partial charge in [0.1, 0.15) is 0 Å². The summed E-state index contributed by atoms with van der Waals surface area (Å²) in [4.78, 5) is 39.3. The number of carbonyl (C=O) groups is 3. The summed E-state index contributed by atoms with van der Waals surface area (Å²) in [7, 11) is -1.75. The average Bonchev–Trinajstić information content (AvgIpc) is 2.81. The number of nitrogens with one attached hydrogen (secondary N) is 2. The molecule has 0 bridgehead atoms. The average molecular weight is 560 g/mol. The summed E-state index contributed by atoms with van der Waals surface area (Å²) in [5.74, 6) is -0.297. The summed E-state index contributed by atoms with van der Waals surface area (Å²) in [6, 6.07) is 1.74. The van der Waals surface area contributed by atoms with Crippen LogP contribution < -0.4 is 10.6 Å². The van der Waals surface area contributed by atoms with Crippen molar-refractivity contribution in [2.75, 3.05) is 39.8 Å². The van der Waals surface area contributed by atoms with Gasteiger partial charge in [-0.3, -0.25) is 14.4 Å².